The number of amides is 1. The molecule has 88 valence electrons. The first kappa shape index (κ1) is 13.0. The highest BCUT2D eigenvalue weighted by Crippen LogP contribution is 2.21. The smallest absolute Gasteiger partial charge is 0.255 e. The Morgan fingerprint density at radius 1 is 1.44 bits per heavy atom. The molecule has 1 amide bonds. The predicted molar refractivity (Wildman–Crippen MR) is 67.6 cm³/mol. The van der Waals surface area contributed by atoms with Crippen molar-refractivity contribution in [3.05, 3.63) is 28.2 Å². The van der Waals surface area contributed by atoms with E-state index in [1.807, 2.05) is 13.8 Å². The Balaban J connectivity index is 2.83. The van der Waals surface area contributed by atoms with E-state index in [0.717, 1.165) is 17.3 Å². The van der Waals surface area contributed by atoms with E-state index < -0.39 is 0 Å². The second-order valence-corrected chi connectivity index (χ2v) is 4.56. The third kappa shape index (κ3) is 3.23. The van der Waals surface area contributed by atoms with Crippen molar-refractivity contribution in [3.63, 3.8) is 0 Å². The Kier molecular flexibility index (Phi) is 4.80. The summed E-state index contributed by atoms with van der Waals surface area (Å²) in [7, 11) is 0. The maximum atomic E-state index is 11.9. The highest BCUT2D eigenvalue weighted by Gasteiger charge is 2.14. The molecule has 0 heterocycles. The molecule has 0 bridgehead atoms. The van der Waals surface area contributed by atoms with Gasteiger partial charge in [-0.1, -0.05) is 29.8 Å². The first-order chi connectivity index (χ1) is 7.58. The topological polar surface area (TPSA) is 49.3 Å². The lowest BCUT2D eigenvalue weighted by molar-refractivity contribution is 0.0932. The average molecular weight is 286 g/mol. The summed E-state index contributed by atoms with van der Waals surface area (Å²) in [6.07, 6.45) is 1.77. The molecule has 0 spiro atoms. The van der Waals surface area contributed by atoms with Crippen molar-refractivity contribution in [1.82, 2.24) is 5.32 Å². The number of aromatic hydroxyl groups is 1. The molecule has 2 N–H and O–H groups in total. The van der Waals surface area contributed by atoms with Gasteiger partial charge in [0.25, 0.3) is 5.91 Å². The summed E-state index contributed by atoms with van der Waals surface area (Å²) in [4.78, 5) is 11.9. The number of carbonyl (C=O) groups excluding carboxylic acids is 1. The largest absolute Gasteiger partial charge is 0.507 e. The van der Waals surface area contributed by atoms with Crippen LogP contribution in [0.2, 0.25) is 0 Å². The van der Waals surface area contributed by atoms with Gasteiger partial charge in [0.05, 0.1) is 5.56 Å². The highest BCUT2D eigenvalue weighted by molar-refractivity contribution is 9.10. The minimum absolute atomic E-state index is 0.00616. The zero-order valence-electron chi connectivity index (χ0n) is 9.46. The van der Waals surface area contributed by atoms with Gasteiger partial charge in [0.1, 0.15) is 5.75 Å². The van der Waals surface area contributed by atoms with Crippen molar-refractivity contribution in [3.8, 4) is 5.75 Å². The molecule has 1 aromatic rings. The van der Waals surface area contributed by atoms with Gasteiger partial charge in [0.15, 0.2) is 0 Å². The number of phenols is 1. The lowest BCUT2D eigenvalue weighted by Crippen LogP contribution is -2.33. The van der Waals surface area contributed by atoms with E-state index in [2.05, 4.69) is 21.2 Å². The third-order valence-electron chi connectivity index (χ3n) is 2.52. The average Bonchev–Trinajstić information content (AvgIpc) is 2.28. The number of rotatable bonds is 4. The normalized spacial score (nSPS) is 10.5. The number of carbonyl (C=O) groups is 1. The van der Waals surface area contributed by atoms with Gasteiger partial charge < -0.3 is 10.4 Å². The van der Waals surface area contributed by atoms with Crippen molar-refractivity contribution in [2.75, 3.05) is 0 Å². The van der Waals surface area contributed by atoms with Gasteiger partial charge in [-0.2, -0.15) is 0 Å². The third-order valence-corrected chi connectivity index (χ3v) is 3.02. The molecule has 0 unspecified atom stereocenters. The number of halogens is 1. The van der Waals surface area contributed by atoms with E-state index in [9.17, 15) is 9.90 Å². The van der Waals surface area contributed by atoms with E-state index in [0.29, 0.717) is 5.56 Å². The molecule has 0 aromatic heterocycles. The molecule has 4 heteroatoms. The number of hydrogen-bond donors (Lipinski definition) is 2. The quantitative estimate of drug-likeness (QED) is 0.893. The SMILES string of the molecule is CCC(CC)NC(=O)c1cc(Br)ccc1O. The summed E-state index contributed by atoms with van der Waals surface area (Å²) < 4.78 is 0.778. The minimum atomic E-state index is -0.229. The number of phenolic OH excluding ortho intramolecular Hbond substituents is 1. The fraction of sp³-hybridized carbons (Fsp3) is 0.417. The van der Waals surface area contributed by atoms with Gasteiger partial charge >= 0.3 is 0 Å². The molecule has 0 aliphatic heterocycles. The first-order valence-corrected chi connectivity index (χ1v) is 6.17. The molecule has 0 fully saturated rings. The van der Waals surface area contributed by atoms with E-state index >= 15 is 0 Å². The Hall–Kier alpha value is -1.03. The maximum absolute atomic E-state index is 11.9. The van der Waals surface area contributed by atoms with Crippen molar-refractivity contribution >= 4 is 21.8 Å². The van der Waals surface area contributed by atoms with Crippen LogP contribution in [0.25, 0.3) is 0 Å². The van der Waals surface area contributed by atoms with E-state index in [4.69, 9.17) is 0 Å². The molecule has 3 nitrogen and oxygen atoms in total. The zero-order valence-corrected chi connectivity index (χ0v) is 11.0. The maximum Gasteiger partial charge on any atom is 0.255 e. The molecule has 0 saturated heterocycles. The van der Waals surface area contributed by atoms with Gasteiger partial charge in [0.2, 0.25) is 0 Å². The Bertz CT molecular complexity index is 375. The molecular weight excluding hydrogens is 270 g/mol. The Labute approximate surface area is 104 Å². The second-order valence-electron chi connectivity index (χ2n) is 3.65. The van der Waals surface area contributed by atoms with Crippen LogP contribution < -0.4 is 5.32 Å². The number of hydrogen-bond acceptors (Lipinski definition) is 2. The summed E-state index contributed by atoms with van der Waals surface area (Å²) in [6.45, 7) is 4.05. The highest BCUT2D eigenvalue weighted by atomic mass is 79.9. The van der Waals surface area contributed by atoms with Crippen LogP contribution in [0.15, 0.2) is 22.7 Å². The summed E-state index contributed by atoms with van der Waals surface area (Å²) in [5, 5.41) is 12.5. The van der Waals surface area contributed by atoms with Crippen LogP contribution in [0.4, 0.5) is 0 Å². The van der Waals surface area contributed by atoms with E-state index in [-0.39, 0.29) is 17.7 Å². The van der Waals surface area contributed by atoms with E-state index in [1.165, 1.54) is 6.07 Å². The lowest BCUT2D eigenvalue weighted by atomic mass is 10.1. The summed E-state index contributed by atoms with van der Waals surface area (Å²) >= 11 is 3.27. The fourth-order valence-corrected chi connectivity index (χ4v) is 1.81. The predicted octanol–water partition coefficient (Wildman–Crippen LogP) is 3.07. The van der Waals surface area contributed by atoms with Crippen LogP contribution in [-0.4, -0.2) is 17.1 Å². The fourth-order valence-electron chi connectivity index (χ4n) is 1.45. The monoisotopic (exact) mass is 285 g/mol. The molecule has 0 atom stereocenters. The van der Waals surface area contributed by atoms with Crippen molar-refractivity contribution in [2.24, 2.45) is 0 Å². The molecular formula is C12H16BrNO2. The van der Waals surface area contributed by atoms with Gasteiger partial charge in [-0.25, -0.2) is 0 Å². The minimum Gasteiger partial charge on any atom is -0.507 e. The first-order valence-electron chi connectivity index (χ1n) is 5.37. The van der Waals surface area contributed by atoms with Crippen molar-refractivity contribution in [1.29, 1.82) is 0 Å². The molecule has 1 rings (SSSR count). The van der Waals surface area contributed by atoms with Crippen LogP contribution in [-0.2, 0) is 0 Å². The molecule has 0 saturated carbocycles. The van der Waals surface area contributed by atoms with Crippen molar-refractivity contribution in [2.45, 2.75) is 32.7 Å². The Morgan fingerprint density at radius 3 is 2.62 bits per heavy atom. The van der Waals surface area contributed by atoms with Gasteiger partial charge in [-0.15, -0.1) is 0 Å². The van der Waals surface area contributed by atoms with Crippen molar-refractivity contribution < 1.29 is 9.90 Å². The summed E-state index contributed by atoms with van der Waals surface area (Å²) in [5.74, 6) is -0.223. The van der Waals surface area contributed by atoms with Gasteiger partial charge in [0, 0.05) is 10.5 Å². The molecule has 0 aliphatic rings. The zero-order chi connectivity index (χ0) is 12.1. The summed E-state index contributed by atoms with van der Waals surface area (Å²) in [5.41, 5.74) is 0.307. The van der Waals surface area contributed by atoms with Crippen LogP contribution in [0, 0.1) is 0 Å². The second kappa shape index (κ2) is 5.89. The van der Waals surface area contributed by atoms with Crippen LogP contribution >= 0.6 is 15.9 Å². The molecule has 16 heavy (non-hydrogen) atoms. The van der Waals surface area contributed by atoms with Gasteiger partial charge in [-0.3, -0.25) is 4.79 Å². The van der Waals surface area contributed by atoms with Gasteiger partial charge in [-0.05, 0) is 31.0 Å². The van der Waals surface area contributed by atoms with Crippen LogP contribution in [0.5, 0.6) is 5.75 Å². The van der Waals surface area contributed by atoms with Crippen LogP contribution in [0.3, 0.4) is 0 Å². The number of benzene rings is 1. The standard InChI is InChI=1S/C12H16BrNO2/c1-3-9(4-2)14-12(16)10-7-8(13)5-6-11(10)15/h5-7,9,15H,3-4H2,1-2H3,(H,14,16). The van der Waals surface area contributed by atoms with Crippen LogP contribution in [0.1, 0.15) is 37.0 Å². The van der Waals surface area contributed by atoms with E-state index in [1.54, 1.807) is 12.1 Å². The molecule has 1 aromatic carbocycles. The molecule has 0 radical (unpaired) electrons. The lowest BCUT2D eigenvalue weighted by Gasteiger charge is -2.15. The Morgan fingerprint density at radius 2 is 2.06 bits per heavy atom. The summed E-state index contributed by atoms with van der Waals surface area (Å²) in [6, 6.07) is 4.98. The molecule has 0 aliphatic carbocycles. The number of nitrogens with one attached hydrogen (secondary N) is 1.